The van der Waals surface area contributed by atoms with Gasteiger partial charge in [-0.1, -0.05) is 48.5 Å². The van der Waals surface area contributed by atoms with Gasteiger partial charge in [0.2, 0.25) is 0 Å². The van der Waals surface area contributed by atoms with E-state index in [0.717, 1.165) is 52.7 Å². The summed E-state index contributed by atoms with van der Waals surface area (Å²) >= 11 is 0. The predicted octanol–water partition coefficient (Wildman–Crippen LogP) is 4.68. The van der Waals surface area contributed by atoms with E-state index in [1.807, 2.05) is 48.7 Å². The Morgan fingerprint density at radius 2 is 1.75 bits per heavy atom. The molecule has 0 saturated carbocycles. The maximum Gasteiger partial charge on any atom is 0.165 e. The van der Waals surface area contributed by atoms with Gasteiger partial charge in [-0.25, -0.2) is 4.98 Å². The molecule has 2 aromatic heterocycles. The van der Waals surface area contributed by atoms with Gasteiger partial charge in [0.05, 0.1) is 18.4 Å². The Morgan fingerprint density at radius 3 is 2.54 bits per heavy atom. The zero-order valence-electron chi connectivity index (χ0n) is 16.4. The van der Waals surface area contributed by atoms with E-state index in [1.54, 1.807) is 7.11 Å². The number of hydrogen-bond acceptors (Lipinski definition) is 4. The lowest BCUT2D eigenvalue weighted by Crippen LogP contribution is -2.10. The summed E-state index contributed by atoms with van der Waals surface area (Å²) in [6, 6.07) is 20.5. The van der Waals surface area contributed by atoms with Gasteiger partial charge in [-0.15, -0.1) is 0 Å². The lowest BCUT2D eigenvalue weighted by molar-refractivity contribution is 0.416. The van der Waals surface area contributed by atoms with E-state index in [-0.39, 0.29) is 0 Å². The number of nitrogens with zero attached hydrogens (tertiary/aromatic N) is 3. The second-order valence-electron chi connectivity index (χ2n) is 6.84. The monoisotopic (exact) mass is 372 g/mol. The molecule has 5 heteroatoms. The molecule has 142 valence electrons. The Labute approximate surface area is 165 Å². The highest BCUT2D eigenvalue weighted by Crippen LogP contribution is 2.35. The van der Waals surface area contributed by atoms with Crippen LogP contribution in [0.3, 0.4) is 0 Å². The minimum Gasteiger partial charge on any atom is -0.496 e. The quantitative estimate of drug-likeness (QED) is 0.534. The van der Waals surface area contributed by atoms with Crippen molar-refractivity contribution in [3.8, 4) is 16.9 Å². The Hall–Kier alpha value is -3.34. The van der Waals surface area contributed by atoms with Gasteiger partial charge in [0.1, 0.15) is 11.6 Å². The summed E-state index contributed by atoms with van der Waals surface area (Å²) in [7, 11) is 1.69. The van der Waals surface area contributed by atoms with E-state index in [1.165, 1.54) is 5.56 Å². The third-order valence-electron chi connectivity index (χ3n) is 4.83. The summed E-state index contributed by atoms with van der Waals surface area (Å²) in [6.07, 6.45) is 0.948. The Bertz CT molecular complexity index is 1100. The number of hydrogen-bond donors (Lipinski definition) is 1. The molecule has 0 radical (unpaired) electrons. The van der Waals surface area contributed by atoms with Crippen molar-refractivity contribution < 1.29 is 4.74 Å². The minimum atomic E-state index is 0.822. The van der Waals surface area contributed by atoms with Gasteiger partial charge in [-0.2, -0.15) is 9.61 Å². The molecular weight excluding hydrogens is 348 g/mol. The standard InChI is InChI=1S/C23H24N4O/c1-16-15-21(24-14-13-18-9-5-4-6-10-18)27-23(25-16)22(17(2)26-27)19-11-7-8-12-20(19)28-3/h4-12,15,24H,13-14H2,1-3H3. The topological polar surface area (TPSA) is 51.5 Å². The zero-order chi connectivity index (χ0) is 19.5. The first kappa shape index (κ1) is 18.0. The van der Waals surface area contributed by atoms with Crippen molar-refractivity contribution in [3.05, 3.63) is 77.6 Å². The minimum absolute atomic E-state index is 0.822. The van der Waals surface area contributed by atoms with Crippen LogP contribution in [0.1, 0.15) is 17.0 Å². The van der Waals surface area contributed by atoms with Crippen LogP contribution < -0.4 is 10.1 Å². The number of aromatic nitrogens is 3. The molecule has 2 aromatic carbocycles. The van der Waals surface area contributed by atoms with Gasteiger partial charge in [-0.3, -0.25) is 0 Å². The van der Waals surface area contributed by atoms with Crippen LogP contribution in [0, 0.1) is 13.8 Å². The molecule has 1 N–H and O–H groups in total. The Balaban J connectivity index is 1.71. The average Bonchev–Trinajstić information content (AvgIpc) is 3.04. The molecule has 0 atom stereocenters. The second-order valence-corrected chi connectivity index (χ2v) is 6.84. The van der Waals surface area contributed by atoms with E-state index in [2.05, 4.69) is 35.6 Å². The summed E-state index contributed by atoms with van der Waals surface area (Å²) in [5.41, 5.74) is 6.03. The van der Waals surface area contributed by atoms with Crippen LogP contribution >= 0.6 is 0 Å². The van der Waals surface area contributed by atoms with Crippen LogP contribution in [-0.2, 0) is 6.42 Å². The summed E-state index contributed by atoms with van der Waals surface area (Å²) in [6.45, 7) is 4.85. The van der Waals surface area contributed by atoms with Gasteiger partial charge in [0.15, 0.2) is 5.65 Å². The van der Waals surface area contributed by atoms with Crippen LogP contribution in [0.4, 0.5) is 5.82 Å². The first-order valence-corrected chi connectivity index (χ1v) is 9.45. The van der Waals surface area contributed by atoms with Gasteiger partial charge in [-0.05, 0) is 31.9 Å². The number of ether oxygens (including phenoxy) is 1. The molecule has 0 bridgehead atoms. The smallest absolute Gasteiger partial charge is 0.165 e. The molecule has 0 aliphatic heterocycles. The molecule has 0 fully saturated rings. The molecule has 0 amide bonds. The van der Waals surface area contributed by atoms with Gasteiger partial charge in [0, 0.05) is 23.9 Å². The highest BCUT2D eigenvalue weighted by Gasteiger charge is 2.18. The number of anilines is 1. The normalized spacial score (nSPS) is 11.0. The SMILES string of the molecule is COc1ccccc1-c1c(C)nn2c(NCCc3ccccc3)cc(C)nc12. The number of para-hydroxylation sites is 1. The fourth-order valence-corrected chi connectivity index (χ4v) is 3.52. The number of methoxy groups -OCH3 is 1. The van der Waals surface area contributed by atoms with Crippen LogP contribution in [0.25, 0.3) is 16.8 Å². The summed E-state index contributed by atoms with van der Waals surface area (Å²) in [4.78, 5) is 4.78. The summed E-state index contributed by atoms with van der Waals surface area (Å²) < 4.78 is 7.46. The molecule has 4 aromatic rings. The molecule has 28 heavy (non-hydrogen) atoms. The lowest BCUT2D eigenvalue weighted by Gasteiger charge is -2.11. The first-order valence-electron chi connectivity index (χ1n) is 9.45. The Morgan fingerprint density at radius 1 is 1.00 bits per heavy atom. The first-order chi connectivity index (χ1) is 13.7. The molecule has 0 unspecified atom stereocenters. The predicted molar refractivity (Wildman–Crippen MR) is 113 cm³/mol. The number of benzene rings is 2. The third-order valence-corrected chi connectivity index (χ3v) is 4.83. The number of aryl methyl sites for hydroxylation is 2. The van der Waals surface area contributed by atoms with Crippen molar-refractivity contribution in [3.63, 3.8) is 0 Å². The van der Waals surface area contributed by atoms with Crippen LogP contribution in [0.15, 0.2) is 60.7 Å². The van der Waals surface area contributed by atoms with Crippen molar-refractivity contribution in [1.82, 2.24) is 14.6 Å². The fourth-order valence-electron chi connectivity index (χ4n) is 3.52. The van der Waals surface area contributed by atoms with Crippen LogP contribution in [0.5, 0.6) is 5.75 Å². The van der Waals surface area contributed by atoms with Gasteiger partial charge in [0.25, 0.3) is 0 Å². The van der Waals surface area contributed by atoms with Gasteiger partial charge < -0.3 is 10.1 Å². The highest BCUT2D eigenvalue weighted by molar-refractivity contribution is 5.84. The fraction of sp³-hybridized carbons (Fsp3) is 0.217. The van der Waals surface area contributed by atoms with Crippen molar-refractivity contribution in [2.75, 3.05) is 19.0 Å². The molecule has 4 rings (SSSR count). The van der Waals surface area contributed by atoms with Crippen LogP contribution in [-0.4, -0.2) is 28.3 Å². The van der Waals surface area contributed by atoms with Crippen molar-refractivity contribution in [1.29, 1.82) is 0 Å². The highest BCUT2D eigenvalue weighted by atomic mass is 16.5. The van der Waals surface area contributed by atoms with E-state index < -0.39 is 0 Å². The molecular formula is C23H24N4O. The number of nitrogens with one attached hydrogen (secondary N) is 1. The van der Waals surface area contributed by atoms with E-state index in [4.69, 9.17) is 14.8 Å². The van der Waals surface area contributed by atoms with Crippen LogP contribution in [0.2, 0.25) is 0 Å². The van der Waals surface area contributed by atoms with E-state index >= 15 is 0 Å². The second kappa shape index (κ2) is 7.72. The molecule has 0 aliphatic rings. The van der Waals surface area contributed by atoms with E-state index in [9.17, 15) is 0 Å². The lowest BCUT2D eigenvalue weighted by atomic mass is 10.1. The third kappa shape index (κ3) is 3.43. The maximum absolute atomic E-state index is 5.57. The molecule has 0 aliphatic carbocycles. The van der Waals surface area contributed by atoms with Gasteiger partial charge >= 0.3 is 0 Å². The molecule has 0 saturated heterocycles. The number of fused-ring (bicyclic) bond motifs is 1. The van der Waals surface area contributed by atoms with Crippen molar-refractivity contribution >= 4 is 11.5 Å². The van der Waals surface area contributed by atoms with E-state index in [0.29, 0.717) is 0 Å². The molecule has 2 heterocycles. The Kier molecular flexibility index (Phi) is 4.98. The summed E-state index contributed by atoms with van der Waals surface area (Å²) in [5.74, 6) is 1.77. The number of rotatable bonds is 6. The molecule has 5 nitrogen and oxygen atoms in total. The maximum atomic E-state index is 5.57. The largest absolute Gasteiger partial charge is 0.496 e. The van der Waals surface area contributed by atoms with Crippen molar-refractivity contribution in [2.45, 2.75) is 20.3 Å². The zero-order valence-corrected chi connectivity index (χ0v) is 16.4. The summed E-state index contributed by atoms with van der Waals surface area (Å²) in [5, 5.41) is 8.29. The average molecular weight is 372 g/mol. The molecule has 0 spiro atoms. The van der Waals surface area contributed by atoms with Crippen molar-refractivity contribution in [2.24, 2.45) is 0 Å².